The Balaban J connectivity index is 4.22. The highest BCUT2D eigenvalue weighted by molar-refractivity contribution is 5.73. The third-order valence-electron chi connectivity index (χ3n) is 3.03. The Bertz CT molecular complexity index is 324. The fourth-order valence-electron chi connectivity index (χ4n) is 1.36. The topological polar surface area (TPSA) is 32.8 Å². The van der Waals surface area contributed by atoms with E-state index in [9.17, 15) is 4.79 Å². The molecule has 0 bridgehead atoms. The number of esters is 1. The van der Waals surface area contributed by atoms with Gasteiger partial charge in [0.05, 0.1) is 12.5 Å². The predicted octanol–water partition coefficient (Wildman–Crippen LogP) is 2.88. The van der Waals surface area contributed by atoms with E-state index in [-0.39, 0.29) is 17.9 Å². The van der Waals surface area contributed by atoms with Gasteiger partial charge in [-0.3, -0.25) is 4.79 Å². The highest BCUT2D eigenvalue weighted by atomic mass is 16.5. The molecule has 0 aromatic rings. The van der Waals surface area contributed by atoms with Gasteiger partial charge in [-0.2, -0.15) is 0 Å². The van der Waals surface area contributed by atoms with Crippen molar-refractivity contribution in [2.24, 2.45) is 5.92 Å². The standard InChI is InChI=1S/C16H30N2O2/c1-7-8-13-20-16(19)14(2)9-12-18(6)15(3)10-11-17(4)5/h9-12,14-15H,7-8,13H2,1-6H3/b11-10+,12-9+. The van der Waals surface area contributed by atoms with Crippen molar-refractivity contribution in [3.8, 4) is 0 Å². The summed E-state index contributed by atoms with van der Waals surface area (Å²) in [7, 11) is 5.98. The minimum absolute atomic E-state index is 0.153. The summed E-state index contributed by atoms with van der Waals surface area (Å²) in [6.07, 6.45) is 9.92. The highest BCUT2D eigenvalue weighted by Gasteiger charge is 2.11. The molecule has 0 aliphatic rings. The molecule has 0 N–H and O–H groups in total. The Hall–Kier alpha value is -1.45. The number of nitrogens with zero attached hydrogens (tertiary/aromatic N) is 2. The number of hydrogen-bond donors (Lipinski definition) is 0. The number of carbonyl (C=O) groups is 1. The lowest BCUT2D eigenvalue weighted by Crippen LogP contribution is -2.23. The van der Waals surface area contributed by atoms with Gasteiger partial charge >= 0.3 is 5.97 Å². The van der Waals surface area contributed by atoms with E-state index in [1.165, 1.54) is 0 Å². The van der Waals surface area contributed by atoms with Crippen LogP contribution in [0, 0.1) is 5.92 Å². The lowest BCUT2D eigenvalue weighted by molar-refractivity contribution is -0.146. The quantitative estimate of drug-likeness (QED) is 0.481. The van der Waals surface area contributed by atoms with Gasteiger partial charge in [0.1, 0.15) is 0 Å². The zero-order valence-corrected chi connectivity index (χ0v) is 13.8. The minimum atomic E-state index is -0.209. The Morgan fingerprint density at radius 3 is 2.35 bits per heavy atom. The van der Waals surface area contributed by atoms with Gasteiger partial charge < -0.3 is 14.5 Å². The first-order valence-electron chi connectivity index (χ1n) is 7.30. The van der Waals surface area contributed by atoms with Gasteiger partial charge in [-0.15, -0.1) is 0 Å². The van der Waals surface area contributed by atoms with Crippen LogP contribution in [0.1, 0.15) is 33.6 Å². The summed E-state index contributed by atoms with van der Waals surface area (Å²) in [5, 5.41) is 0. The molecular formula is C16H30N2O2. The number of carbonyl (C=O) groups excluding carboxylic acids is 1. The van der Waals surface area contributed by atoms with Gasteiger partial charge in [0.25, 0.3) is 0 Å². The molecule has 20 heavy (non-hydrogen) atoms. The Labute approximate surface area is 124 Å². The maximum atomic E-state index is 11.7. The number of ether oxygens (including phenoxy) is 1. The third-order valence-corrected chi connectivity index (χ3v) is 3.03. The Morgan fingerprint density at radius 1 is 1.15 bits per heavy atom. The average molecular weight is 282 g/mol. The van der Waals surface area contributed by atoms with E-state index < -0.39 is 0 Å². The molecule has 0 aliphatic heterocycles. The second-order valence-corrected chi connectivity index (χ2v) is 5.36. The highest BCUT2D eigenvalue weighted by Crippen LogP contribution is 2.05. The van der Waals surface area contributed by atoms with Crippen molar-refractivity contribution >= 4 is 5.97 Å². The van der Waals surface area contributed by atoms with Gasteiger partial charge in [0, 0.05) is 27.2 Å². The van der Waals surface area contributed by atoms with Gasteiger partial charge in [-0.1, -0.05) is 19.4 Å². The smallest absolute Gasteiger partial charge is 0.312 e. The summed E-state index contributed by atoms with van der Waals surface area (Å²) >= 11 is 0. The summed E-state index contributed by atoms with van der Waals surface area (Å²) in [4.78, 5) is 15.8. The first-order chi connectivity index (χ1) is 9.38. The van der Waals surface area contributed by atoms with Crippen molar-refractivity contribution in [3.63, 3.8) is 0 Å². The molecule has 0 radical (unpaired) electrons. The number of likely N-dealkylation sites (N-methyl/N-ethyl adjacent to an activating group) is 1. The predicted molar refractivity (Wildman–Crippen MR) is 84.2 cm³/mol. The first kappa shape index (κ1) is 18.6. The summed E-state index contributed by atoms with van der Waals surface area (Å²) in [6.45, 7) is 6.56. The van der Waals surface area contributed by atoms with Crippen molar-refractivity contribution in [2.45, 2.75) is 39.7 Å². The number of hydrogen-bond acceptors (Lipinski definition) is 4. The summed E-state index contributed by atoms with van der Waals surface area (Å²) in [5.74, 6) is -0.362. The van der Waals surface area contributed by atoms with Crippen LogP contribution in [0.3, 0.4) is 0 Å². The van der Waals surface area contributed by atoms with E-state index in [0.29, 0.717) is 6.61 Å². The lowest BCUT2D eigenvalue weighted by atomic mass is 10.2. The van der Waals surface area contributed by atoms with Crippen LogP contribution in [0.2, 0.25) is 0 Å². The first-order valence-corrected chi connectivity index (χ1v) is 7.30. The van der Waals surface area contributed by atoms with Crippen molar-refractivity contribution in [1.29, 1.82) is 0 Å². The van der Waals surface area contributed by atoms with Gasteiger partial charge in [0.2, 0.25) is 0 Å². The van der Waals surface area contributed by atoms with Crippen molar-refractivity contribution in [1.82, 2.24) is 9.80 Å². The number of rotatable bonds is 9. The Kier molecular flexibility index (Phi) is 9.60. The third kappa shape index (κ3) is 8.62. The maximum absolute atomic E-state index is 11.7. The number of unbranched alkanes of at least 4 members (excludes halogenated alkanes) is 1. The van der Waals surface area contributed by atoms with Crippen LogP contribution in [-0.2, 0) is 9.53 Å². The molecule has 4 heteroatoms. The fourth-order valence-corrected chi connectivity index (χ4v) is 1.36. The summed E-state index contributed by atoms with van der Waals surface area (Å²) in [6, 6.07) is 0.275. The molecule has 0 aromatic heterocycles. The van der Waals surface area contributed by atoms with E-state index in [1.54, 1.807) is 0 Å². The van der Waals surface area contributed by atoms with E-state index >= 15 is 0 Å². The maximum Gasteiger partial charge on any atom is 0.312 e. The van der Waals surface area contributed by atoms with Crippen LogP contribution in [0.25, 0.3) is 0 Å². The molecule has 2 unspecified atom stereocenters. The molecule has 116 valence electrons. The van der Waals surface area contributed by atoms with E-state index in [1.807, 2.05) is 51.4 Å². The van der Waals surface area contributed by atoms with Gasteiger partial charge in [-0.05, 0) is 38.7 Å². The zero-order chi connectivity index (χ0) is 15.5. The summed E-state index contributed by atoms with van der Waals surface area (Å²) in [5.41, 5.74) is 0. The lowest BCUT2D eigenvalue weighted by Gasteiger charge is -2.21. The van der Waals surface area contributed by atoms with Gasteiger partial charge in [-0.25, -0.2) is 0 Å². The van der Waals surface area contributed by atoms with Crippen molar-refractivity contribution < 1.29 is 9.53 Å². The van der Waals surface area contributed by atoms with E-state index in [0.717, 1.165) is 12.8 Å². The molecule has 4 nitrogen and oxygen atoms in total. The molecule has 0 amide bonds. The normalized spacial score (nSPS) is 14.5. The van der Waals surface area contributed by atoms with Crippen LogP contribution >= 0.6 is 0 Å². The molecule has 0 fully saturated rings. The van der Waals surface area contributed by atoms with Crippen LogP contribution in [-0.4, -0.2) is 49.6 Å². The fraction of sp³-hybridized carbons (Fsp3) is 0.688. The van der Waals surface area contributed by atoms with E-state index in [2.05, 4.69) is 24.8 Å². The van der Waals surface area contributed by atoms with Crippen LogP contribution in [0.5, 0.6) is 0 Å². The largest absolute Gasteiger partial charge is 0.465 e. The molecule has 0 aliphatic carbocycles. The van der Waals surface area contributed by atoms with Crippen LogP contribution < -0.4 is 0 Å². The second-order valence-electron chi connectivity index (χ2n) is 5.36. The molecular weight excluding hydrogens is 252 g/mol. The monoisotopic (exact) mass is 282 g/mol. The van der Waals surface area contributed by atoms with Crippen molar-refractivity contribution in [2.75, 3.05) is 27.7 Å². The van der Waals surface area contributed by atoms with Gasteiger partial charge in [0.15, 0.2) is 0 Å². The zero-order valence-electron chi connectivity index (χ0n) is 13.8. The molecule has 0 spiro atoms. The molecule has 2 atom stereocenters. The van der Waals surface area contributed by atoms with Crippen molar-refractivity contribution in [3.05, 3.63) is 24.6 Å². The second kappa shape index (κ2) is 10.4. The SMILES string of the molecule is CCCCOC(=O)C(C)/C=C/N(C)C(C)/C=C/N(C)C. The molecule has 0 saturated carbocycles. The van der Waals surface area contributed by atoms with Crippen LogP contribution in [0.4, 0.5) is 0 Å². The summed E-state index contributed by atoms with van der Waals surface area (Å²) < 4.78 is 5.19. The minimum Gasteiger partial charge on any atom is -0.465 e. The molecule has 0 saturated heterocycles. The molecule has 0 heterocycles. The molecule has 0 aromatic carbocycles. The van der Waals surface area contributed by atoms with Crippen LogP contribution in [0.15, 0.2) is 24.6 Å². The average Bonchev–Trinajstić information content (AvgIpc) is 2.41. The Morgan fingerprint density at radius 2 is 1.80 bits per heavy atom. The molecule has 0 rings (SSSR count). The van der Waals surface area contributed by atoms with E-state index in [4.69, 9.17) is 4.74 Å².